The van der Waals surface area contributed by atoms with Crippen molar-refractivity contribution in [2.24, 2.45) is 5.10 Å². The van der Waals surface area contributed by atoms with Crippen molar-refractivity contribution in [2.45, 2.75) is 44.4 Å². The van der Waals surface area contributed by atoms with Gasteiger partial charge in [-0.25, -0.2) is 8.78 Å². The maximum atomic E-state index is 14.6. The third-order valence-electron chi connectivity index (χ3n) is 7.07. The fourth-order valence-corrected chi connectivity index (χ4v) is 5.06. The molecule has 1 atom stereocenters. The number of aliphatic carboxylic acids is 1. The molecular formula is C27H25F5N4O5. The molecule has 0 bridgehead atoms. The van der Waals surface area contributed by atoms with E-state index in [1.165, 1.54) is 47.5 Å². The molecule has 2 heterocycles. The standard InChI is InChI=1S/C25H24F2N4O3.C2HF3O2/c26-17-6-7-19-22(12-17)31(28-13-23(19)32)14-16-5-8-21(27)20(11-16)25(34)29-9-10-30(24(33)15-29)18-3-1-2-4-18;3-2(4,5)1(6)7/h5-8,11-13,18H,1-4,9-10,14-15H2;(H,6,7). The molecule has 0 aromatic heterocycles. The average Bonchev–Trinajstić information content (AvgIpc) is 3.45. The molecule has 2 fully saturated rings. The molecule has 1 saturated heterocycles. The summed E-state index contributed by atoms with van der Waals surface area (Å²) in [5, 5.41) is 13.4. The quantitative estimate of drug-likeness (QED) is 0.550. The van der Waals surface area contributed by atoms with Gasteiger partial charge in [-0.15, -0.1) is 0 Å². The maximum absolute atomic E-state index is 14.6. The molecule has 2 aliphatic heterocycles. The first-order valence-electron chi connectivity index (χ1n) is 12.7. The van der Waals surface area contributed by atoms with Crippen molar-refractivity contribution in [1.82, 2.24) is 9.80 Å². The molecule has 2 aromatic rings. The fourth-order valence-electron chi connectivity index (χ4n) is 5.06. The van der Waals surface area contributed by atoms with Gasteiger partial charge in [0.15, 0.2) is 5.69 Å². The Bertz CT molecular complexity index is 1390. The van der Waals surface area contributed by atoms with Crippen LogP contribution in [0.1, 0.15) is 52.0 Å². The molecule has 1 N–H and O–H groups in total. The van der Waals surface area contributed by atoms with Crippen molar-refractivity contribution in [3.05, 3.63) is 64.7 Å². The van der Waals surface area contributed by atoms with Crippen LogP contribution in [0, 0.1) is 11.6 Å². The lowest BCUT2D eigenvalue weighted by atomic mass is 10.1. The van der Waals surface area contributed by atoms with Gasteiger partial charge in [0.1, 0.15) is 36.9 Å². The third-order valence-corrected chi connectivity index (χ3v) is 7.07. The Morgan fingerprint density at radius 2 is 1.71 bits per heavy atom. The Kier molecular flexibility index (Phi) is 8.80. The van der Waals surface area contributed by atoms with Crippen LogP contribution in [-0.2, 0) is 16.1 Å². The second-order valence-electron chi connectivity index (χ2n) is 9.79. The van der Waals surface area contributed by atoms with Crippen molar-refractivity contribution in [3.8, 4) is 0 Å². The number of nitrogens with zero attached hydrogens (tertiary/aromatic N) is 3. The Morgan fingerprint density at radius 1 is 1.02 bits per heavy atom. The highest BCUT2D eigenvalue weighted by atomic mass is 19.4. The van der Waals surface area contributed by atoms with E-state index in [1.54, 1.807) is 0 Å². The summed E-state index contributed by atoms with van der Waals surface area (Å²) in [6.45, 7) is 0.950. The number of quaternary nitrogens is 1. The number of rotatable bonds is 4. The van der Waals surface area contributed by atoms with Gasteiger partial charge < -0.3 is 19.7 Å². The van der Waals surface area contributed by atoms with E-state index in [-0.39, 0.29) is 36.4 Å². The summed E-state index contributed by atoms with van der Waals surface area (Å²) in [4.78, 5) is 49.9. The number of alkyl halides is 3. The smallest absolute Gasteiger partial charge is 0.430 e. The summed E-state index contributed by atoms with van der Waals surface area (Å²) < 4.78 is 60.0. The Morgan fingerprint density at radius 3 is 2.34 bits per heavy atom. The van der Waals surface area contributed by atoms with Crippen LogP contribution >= 0.6 is 0 Å². The van der Waals surface area contributed by atoms with Crippen LogP contribution in [-0.4, -0.2) is 71.4 Å². The average molecular weight is 581 g/mol. The minimum Gasteiger partial charge on any atom is -0.542 e. The van der Waals surface area contributed by atoms with Crippen LogP contribution in [0.3, 0.4) is 0 Å². The second-order valence-corrected chi connectivity index (χ2v) is 9.79. The Hall–Kier alpha value is -4.20. The number of carboxylic acid groups (broad SMARTS) is 1. The van der Waals surface area contributed by atoms with E-state index in [4.69, 9.17) is 9.90 Å². The van der Waals surface area contributed by atoms with Crippen molar-refractivity contribution in [2.75, 3.05) is 19.6 Å². The largest absolute Gasteiger partial charge is 0.542 e. The molecule has 3 aliphatic rings. The summed E-state index contributed by atoms with van der Waals surface area (Å²) >= 11 is 0. The Balaban J connectivity index is 0.000000493. The highest BCUT2D eigenvalue weighted by molar-refractivity contribution is 6.36. The molecule has 9 nitrogen and oxygen atoms in total. The third kappa shape index (κ3) is 6.93. The molecule has 2 aromatic carbocycles. The van der Waals surface area contributed by atoms with Crippen LogP contribution in [0.5, 0.6) is 0 Å². The number of hydrogen-bond acceptors (Lipinski definition) is 6. The monoisotopic (exact) mass is 580 g/mol. The van der Waals surface area contributed by atoms with Crippen LogP contribution in [0.4, 0.5) is 27.6 Å². The minimum absolute atomic E-state index is 0.0601. The number of Topliss-reactive ketones (excluding diaryl/α,β-unsaturated/α-hetero) is 1. The molecule has 1 aliphatic carbocycles. The highest BCUT2D eigenvalue weighted by Crippen LogP contribution is 2.25. The van der Waals surface area contributed by atoms with E-state index in [1.807, 2.05) is 4.90 Å². The number of piperazine rings is 1. The number of halogens is 5. The van der Waals surface area contributed by atoms with E-state index in [0.29, 0.717) is 34.9 Å². The van der Waals surface area contributed by atoms with Gasteiger partial charge in [-0.05, 0) is 37.1 Å². The van der Waals surface area contributed by atoms with Crippen molar-refractivity contribution < 1.29 is 51.2 Å². The molecule has 1 unspecified atom stereocenters. The van der Waals surface area contributed by atoms with E-state index >= 15 is 0 Å². The minimum atomic E-state index is -5.19. The number of amides is 2. The van der Waals surface area contributed by atoms with E-state index in [2.05, 4.69) is 5.10 Å². The lowest BCUT2D eigenvalue weighted by Gasteiger charge is -2.37. The normalized spacial score (nSPS) is 19.1. The number of hydrogen-bond donors (Lipinski definition) is 1. The number of fused-ring (bicyclic) bond motifs is 1. The zero-order chi connectivity index (χ0) is 29.9. The van der Waals surface area contributed by atoms with E-state index in [0.717, 1.165) is 25.7 Å². The molecule has 1 saturated carbocycles. The second kappa shape index (κ2) is 12.1. The molecule has 0 spiro atoms. The first-order chi connectivity index (χ1) is 19.3. The number of carbonyl (C=O) groups excluding carboxylic acids is 4. The number of nitrogens with one attached hydrogen (secondary N) is 1. The number of benzene rings is 2. The fraction of sp³-hybridized carbons (Fsp3) is 0.370. The van der Waals surface area contributed by atoms with Gasteiger partial charge in [-0.3, -0.25) is 14.4 Å². The number of carboxylic acids is 1. The summed E-state index contributed by atoms with van der Waals surface area (Å²) in [6, 6.07) is 8.33. The summed E-state index contributed by atoms with van der Waals surface area (Å²) in [5.74, 6) is -5.10. The topological polar surface area (TPSA) is 115 Å². The number of ketones is 1. The zero-order valence-corrected chi connectivity index (χ0v) is 21.5. The predicted octanol–water partition coefficient (Wildman–Crippen LogP) is 1.39. The number of carbonyl (C=O) groups is 4. The molecule has 41 heavy (non-hydrogen) atoms. The predicted molar refractivity (Wildman–Crippen MR) is 131 cm³/mol. The lowest BCUT2D eigenvalue weighted by Crippen LogP contribution is -3.02. The molecule has 14 heteroatoms. The highest BCUT2D eigenvalue weighted by Gasteiger charge is 2.34. The van der Waals surface area contributed by atoms with Gasteiger partial charge >= 0.3 is 6.18 Å². The van der Waals surface area contributed by atoms with Gasteiger partial charge in [0.05, 0.1) is 11.1 Å². The van der Waals surface area contributed by atoms with E-state index < -0.39 is 29.7 Å². The van der Waals surface area contributed by atoms with Crippen LogP contribution in [0.15, 0.2) is 41.5 Å². The lowest BCUT2D eigenvalue weighted by molar-refractivity contribution is -0.854. The van der Waals surface area contributed by atoms with Gasteiger partial charge in [-0.1, -0.05) is 24.0 Å². The van der Waals surface area contributed by atoms with Crippen molar-refractivity contribution >= 4 is 35.5 Å². The maximum Gasteiger partial charge on any atom is 0.430 e. The van der Waals surface area contributed by atoms with Crippen LogP contribution < -0.4 is 10.1 Å². The van der Waals surface area contributed by atoms with Crippen molar-refractivity contribution in [1.29, 1.82) is 0 Å². The van der Waals surface area contributed by atoms with Gasteiger partial charge in [0, 0.05) is 30.8 Å². The first-order valence-corrected chi connectivity index (χ1v) is 12.7. The first kappa shape index (κ1) is 29.8. The summed E-state index contributed by atoms with van der Waals surface area (Å²) in [7, 11) is 0. The van der Waals surface area contributed by atoms with Gasteiger partial charge in [-0.2, -0.15) is 18.2 Å². The van der Waals surface area contributed by atoms with Crippen molar-refractivity contribution in [3.63, 3.8) is 0 Å². The molecule has 218 valence electrons. The van der Waals surface area contributed by atoms with E-state index in [9.17, 15) is 36.3 Å². The van der Waals surface area contributed by atoms with Gasteiger partial charge in [0.25, 0.3) is 5.91 Å². The van der Waals surface area contributed by atoms with Crippen LogP contribution in [0.25, 0.3) is 0 Å². The summed E-state index contributed by atoms with van der Waals surface area (Å²) in [6.07, 6.45) is 0.208. The summed E-state index contributed by atoms with van der Waals surface area (Å²) in [5.41, 5.74) is 1.22. The molecule has 5 rings (SSSR count). The molecule has 2 amide bonds. The SMILES string of the molecule is O=C([O-])C(F)(F)F.O=C1C=N[NH+](Cc2ccc(F)c(C(=O)N3CCN(C4CCCC4)C(=O)C3)c2)c2cc(F)ccc21. The zero-order valence-electron chi connectivity index (χ0n) is 21.5. The Labute approximate surface area is 230 Å². The molecular weight excluding hydrogens is 555 g/mol. The van der Waals surface area contributed by atoms with Gasteiger partial charge in [0.2, 0.25) is 11.7 Å². The molecule has 0 radical (unpaired) electrons. The van der Waals surface area contributed by atoms with Crippen LogP contribution in [0.2, 0.25) is 0 Å².